The summed E-state index contributed by atoms with van der Waals surface area (Å²) < 4.78 is 26.9. The van der Waals surface area contributed by atoms with Crippen LogP contribution in [0.3, 0.4) is 0 Å². The lowest BCUT2D eigenvalue weighted by Crippen LogP contribution is -2.70. The predicted octanol–water partition coefficient (Wildman–Crippen LogP) is 1.36. The van der Waals surface area contributed by atoms with Crippen molar-refractivity contribution in [3.05, 3.63) is 71.3 Å². The SMILES string of the molecule is O=C1N[C@H](Cc2ccccc2)C(=O)N2CCN(C(=O)c3cc(F)cc(F)c3)C[C@H]12. The molecule has 2 saturated heterocycles. The second kappa shape index (κ2) is 7.62. The molecule has 8 heteroatoms. The molecule has 2 aliphatic rings. The minimum absolute atomic E-state index is 0.0212. The van der Waals surface area contributed by atoms with E-state index in [0.29, 0.717) is 12.5 Å². The molecule has 0 spiro atoms. The summed E-state index contributed by atoms with van der Waals surface area (Å²) in [7, 11) is 0. The minimum atomic E-state index is -0.846. The maximum atomic E-state index is 13.4. The van der Waals surface area contributed by atoms with Gasteiger partial charge in [-0.05, 0) is 17.7 Å². The maximum absolute atomic E-state index is 13.4. The molecule has 4 rings (SSSR count). The highest BCUT2D eigenvalue weighted by Gasteiger charge is 2.44. The third-order valence-corrected chi connectivity index (χ3v) is 5.26. The zero-order chi connectivity index (χ0) is 20.5. The van der Waals surface area contributed by atoms with Crippen LogP contribution in [0.4, 0.5) is 8.78 Å². The first-order valence-electron chi connectivity index (χ1n) is 9.32. The van der Waals surface area contributed by atoms with Crippen molar-refractivity contribution in [2.75, 3.05) is 19.6 Å². The van der Waals surface area contributed by atoms with Crippen LogP contribution < -0.4 is 5.32 Å². The molecule has 150 valence electrons. The number of halogens is 2. The molecule has 0 aromatic heterocycles. The largest absolute Gasteiger partial charge is 0.342 e. The fourth-order valence-corrected chi connectivity index (χ4v) is 3.83. The zero-order valence-electron chi connectivity index (χ0n) is 15.5. The van der Waals surface area contributed by atoms with Gasteiger partial charge in [-0.15, -0.1) is 0 Å². The average Bonchev–Trinajstić information content (AvgIpc) is 2.71. The van der Waals surface area contributed by atoms with Crippen molar-refractivity contribution < 1.29 is 23.2 Å². The second-order valence-corrected chi connectivity index (χ2v) is 7.21. The van der Waals surface area contributed by atoms with Crippen LogP contribution in [0.25, 0.3) is 0 Å². The topological polar surface area (TPSA) is 69.7 Å². The Morgan fingerprint density at radius 1 is 1.03 bits per heavy atom. The molecule has 2 aliphatic heterocycles. The molecule has 0 bridgehead atoms. The number of nitrogens with zero attached hydrogens (tertiary/aromatic N) is 2. The third kappa shape index (κ3) is 3.83. The summed E-state index contributed by atoms with van der Waals surface area (Å²) in [4.78, 5) is 40.9. The van der Waals surface area contributed by atoms with Crippen molar-refractivity contribution in [2.45, 2.75) is 18.5 Å². The van der Waals surface area contributed by atoms with Gasteiger partial charge in [0.15, 0.2) is 0 Å². The van der Waals surface area contributed by atoms with Gasteiger partial charge in [-0.1, -0.05) is 30.3 Å². The Labute approximate surface area is 166 Å². The fourth-order valence-electron chi connectivity index (χ4n) is 3.83. The first kappa shape index (κ1) is 19.0. The second-order valence-electron chi connectivity index (χ2n) is 7.21. The first-order chi connectivity index (χ1) is 13.9. The Hall–Kier alpha value is -3.29. The molecule has 2 atom stereocenters. The Morgan fingerprint density at radius 3 is 2.41 bits per heavy atom. The highest BCUT2D eigenvalue weighted by Crippen LogP contribution is 2.20. The van der Waals surface area contributed by atoms with Crippen molar-refractivity contribution in [2.24, 2.45) is 0 Å². The standard InChI is InChI=1S/C21H19F2N3O3/c22-15-9-14(10-16(23)11-15)20(28)25-6-7-26-18(12-25)19(27)24-17(21(26)29)8-13-4-2-1-3-5-13/h1-5,9-11,17-18H,6-8,12H2,(H,24,27)/t17-,18-/m1/s1. The van der Waals surface area contributed by atoms with Gasteiger partial charge in [0.2, 0.25) is 11.8 Å². The summed E-state index contributed by atoms with van der Waals surface area (Å²) in [5, 5.41) is 2.74. The van der Waals surface area contributed by atoms with E-state index >= 15 is 0 Å². The van der Waals surface area contributed by atoms with Gasteiger partial charge in [0.25, 0.3) is 5.91 Å². The predicted molar refractivity (Wildman–Crippen MR) is 99.8 cm³/mol. The van der Waals surface area contributed by atoms with Gasteiger partial charge in [-0.2, -0.15) is 0 Å². The number of amides is 3. The molecule has 1 N–H and O–H groups in total. The van der Waals surface area contributed by atoms with E-state index in [1.54, 1.807) is 0 Å². The van der Waals surface area contributed by atoms with Crippen molar-refractivity contribution in [3.8, 4) is 0 Å². The normalized spacial score (nSPS) is 21.6. The average molecular weight is 399 g/mol. The molecule has 6 nitrogen and oxygen atoms in total. The van der Waals surface area contributed by atoms with Gasteiger partial charge in [0.05, 0.1) is 6.54 Å². The molecule has 3 amide bonds. The first-order valence-corrected chi connectivity index (χ1v) is 9.32. The summed E-state index contributed by atoms with van der Waals surface area (Å²) in [6.45, 7) is 0.350. The Balaban J connectivity index is 1.47. The van der Waals surface area contributed by atoms with Crippen molar-refractivity contribution in [1.29, 1.82) is 0 Å². The highest BCUT2D eigenvalue weighted by atomic mass is 19.1. The molecule has 2 aromatic carbocycles. The Kier molecular flexibility index (Phi) is 5.00. The molecule has 0 aliphatic carbocycles. The zero-order valence-corrected chi connectivity index (χ0v) is 15.5. The lowest BCUT2D eigenvalue weighted by molar-refractivity contribution is -0.152. The van der Waals surface area contributed by atoms with Gasteiger partial charge in [0.1, 0.15) is 23.7 Å². The lowest BCUT2D eigenvalue weighted by atomic mass is 9.98. The van der Waals surface area contributed by atoms with E-state index in [2.05, 4.69) is 5.32 Å². The van der Waals surface area contributed by atoms with E-state index in [-0.39, 0.29) is 37.0 Å². The van der Waals surface area contributed by atoms with Gasteiger partial charge >= 0.3 is 0 Å². The summed E-state index contributed by atoms with van der Waals surface area (Å²) >= 11 is 0. The highest BCUT2D eigenvalue weighted by molar-refractivity contribution is 5.99. The summed E-state index contributed by atoms with van der Waals surface area (Å²) in [6, 6.07) is 10.5. The van der Waals surface area contributed by atoms with E-state index in [9.17, 15) is 23.2 Å². The quantitative estimate of drug-likeness (QED) is 0.848. The van der Waals surface area contributed by atoms with Crippen LogP contribution in [0, 0.1) is 11.6 Å². The number of hydrogen-bond donors (Lipinski definition) is 1. The van der Waals surface area contributed by atoms with Gasteiger partial charge in [0, 0.05) is 31.1 Å². The lowest BCUT2D eigenvalue weighted by Gasteiger charge is -2.45. The van der Waals surface area contributed by atoms with Crippen molar-refractivity contribution in [3.63, 3.8) is 0 Å². The summed E-state index contributed by atoms with van der Waals surface area (Å²) in [6.07, 6.45) is 0.389. The van der Waals surface area contributed by atoms with E-state index in [4.69, 9.17) is 0 Å². The van der Waals surface area contributed by atoms with Crippen molar-refractivity contribution >= 4 is 17.7 Å². The molecule has 0 unspecified atom stereocenters. The smallest absolute Gasteiger partial charge is 0.254 e. The number of carbonyl (C=O) groups excluding carboxylic acids is 3. The molecule has 29 heavy (non-hydrogen) atoms. The van der Waals surface area contributed by atoms with Crippen LogP contribution in [0.1, 0.15) is 15.9 Å². The number of rotatable bonds is 3. The summed E-state index contributed by atoms with van der Waals surface area (Å²) in [5.74, 6) is -2.80. The van der Waals surface area contributed by atoms with Crippen LogP contribution in [-0.2, 0) is 16.0 Å². The van der Waals surface area contributed by atoms with Crippen LogP contribution in [-0.4, -0.2) is 59.2 Å². The third-order valence-electron chi connectivity index (χ3n) is 5.26. The number of nitrogens with one attached hydrogen (secondary N) is 1. The Morgan fingerprint density at radius 2 is 1.72 bits per heavy atom. The number of fused-ring (bicyclic) bond motifs is 1. The monoisotopic (exact) mass is 399 g/mol. The van der Waals surface area contributed by atoms with Gasteiger partial charge in [-0.3, -0.25) is 14.4 Å². The van der Waals surface area contributed by atoms with E-state index < -0.39 is 29.6 Å². The van der Waals surface area contributed by atoms with E-state index in [1.807, 2.05) is 30.3 Å². The number of benzene rings is 2. The van der Waals surface area contributed by atoms with Crippen LogP contribution >= 0.6 is 0 Å². The molecule has 2 fully saturated rings. The molecule has 0 radical (unpaired) electrons. The van der Waals surface area contributed by atoms with Crippen LogP contribution in [0.5, 0.6) is 0 Å². The number of carbonyl (C=O) groups is 3. The molecule has 0 saturated carbocycles. The summed E-state index contributed by atoms with van der Waals surface area (Å²) in [5.41, 5.74) is 0.812. The van der Waals surface area contributed by atoms with E-state index in [0.717, 1.165) is 17.7 Å². The van der Waals surface area contributed by atoms with E-state index in [1.165, 1.54) is 9.80 Å². The minimum Gasteiger partial charge on any atom is -0.342 e. The van der Waals surface area contributed by atoms with Crippen LogP contribution in [0.2, 0.25) is 0 Å². The molecule has 2 aromatic rings. The van der Waals surface area contributed by atoms with Crippen LogP contribution in [0.15, 0.2) is 48.5 Å². The number of piperazine rings is 2. The molecular weight excluding hydrogens is 380 g/mol. The van der Waals surface area contributed by atoms with Gasteiger partial charge < -0.3 is 15.1 Å². The van der Waals surface area contributed by atoms with Gasteiger partial charge in [-0.25, -0.2) is 8.78 Å². The fraction of sp³-hybridized carbons (Fsp3) is 0.286. The van der Waals surface area contributed by atoms with Crippen molar-refractivity contribution in [1.82, 2.24) is 15.1 Å². The molecule has 2 heterocycles. The maximum Gasteiger partial charge on any atom is 0.254 e. The molecular formula is C21H19F2N3O3. The Bertz CT molecular complexity index is 947. The number of hydrogen-bond acceptors (Lipinski definition) is 3.